The predicted molar refractivity (Wildman–Crippen MR) is 35.8 cm³/mol. The zero-order chi connectivity index (χ0) is 4.83. The molecule has 3 N–H and O–H groups in total. The lowest BCUT2D eigenvalue weighted by Gasteiger charge is -1.90. The Morgan fingerprint density at radius 3 is 2.29 bits per heavy atom. The molecular weight excluding hydrogens is 106 g/mol. The molecule has 0 aromatic rings. The molecule has 2 nitrogen and oxygen atoms in total. The SMILES string of the molecule is CCCCO[SiH3].N. The molecule has 0 atom stereocenters. The Balaban J connectivity index is 0. The molecule has 0 fully saturated rings. The molecule has 0 rings (SSSR count). The average Bonchev–Trinajstić information content (AvgIpc) is 1.61. The summed E-state index contributed by atoms with van der Waals surface area (Å²) >= 11 is 0. The van der Waals surface area contributed by atoms with Gasteiger partial charge < -0.3 is 10.6 Å². The van der Waals surface area contributed by atoms with Crippen LogP contribution in [-0.4, -0.2) is 17.1 Å². The van der Waals surface area contributed by atoms with Gasteiger partial charge in [-0.3, -0.25) is 0 Å². The number of hydrogen-bond acceptors (Lipinski definition) is 2. The molecule has 0 radical (unpaired) electrons. The van der Waals surface area contributed by atoms with Gasteiger partial charge in [0, 0.05) is 6.61 Å². The summed E-state index contributed by atoms with van der Waals surface area (Å²) in [4.78, 5) is 0. The van der Waals surface area contributed by atoms with Gasteiger partial charge in [0.1, 0.15) is 10.5 Å². The summed E-state index contributed by atoms with van der Waals surface area (Å²) in [6.45, 7) is 3.14. The van der Waals surface area contributed by atoms with Crippen molar-refractivity contribution >= 4 is 10.5 Å². The van der Waals surface area contributed by atoms with E-state index in [0.29, 0.717) is 0 Å². The van der Waals surface area contributed by atoms with E-state index < -0.39 is 0 Å². The van der Waals surface area contributed by atoms with Crippen LogP contribution in [0.4, 0.5) is 0 Å². The predicted octanol–water partition coefficient (Wildman–Crippen LogP) is 0.245. The first kappa shape index (κ1) is 10.2. The molecule has 0 heterocycles. The van der Waals surface area contributed by atoms with Crippen LogP contribution in [0.15, 0.2) is 0 Å². The molecule has 0 aromatic heterocycles. The molecule has 3 heteroatoms. The first-order valence-electron chi connectivity index (χ1n) is 2.40. The fraction of sp³-hybridized carbons (Fsp3) is 1.00. The molecule has 0 saturated carbocycles. The summed E-state index contributed by atoms with van der Waals surface area (Å²) in [5, 5.41) is 0. The molecule has 0 amide bonds. The molecule has 0 aromatic carbocycles. The first-order valence-corrected chi connectivity index (χ1v) is 3.22. The van der Waals surface area contributed by atoms with Crippen molar-refractivity contribution in [2.24, 2.45) is 0 Å². The van der Waals surface area contributed by atoms with Crippen molar-refractivity contribution in [3.63, 3.8) is 0 Å². The molecule has 0 unspecified atom stereocenters. The highest BCUT2D eigenvalue weighted by atomic mass is 28.2. The van der Waals surface area contributed by atoms with E-state index in [1.165, 1.54) is 12.8 Å². The third-order valence-corrected chi connectivity index (χ3v) is 1.11. The van der Waals surface area contributed by atoms with Crippen LogP contribution in [0.3, 0.4) is 0 Å². The summed E-state index contributed by atoms with van der Waals surface area (Å²) < 4.78 is 4.92. The largest absolute Gasteiger partial charge is 0.428 e. The highest BCUT2D eigenvalue weighted by Crippen LogP contribution is 1.82. The van der Waals surface area contributed by atoms with E-state index in [-0.39, 0.29) is 6.15 Å². The van der Waals surface area contributed by atoms with Crippen LogP contribution in [0, 0.1) is 0 Å². The van der Waals surface area contributed by atoms with Gasteiger partial charge in [-0.15, -0.1) is 0 Å². The molecule has 46 valence electrons. The smallest absolute Gasteiger partial charge is 0.145 e. The summed E-state index contributed by atoms with van der Waals surface area (Å²) in [5.41, 5.74) is 0. The zero-order valence-corrected chi connectivity index (χ0v) is 7.24. The minimum absolute atomic E-state index is 0. The van der Waals surface area contributed by atoms with E-state index in [1.807, 2.05) is 0 Å². The lowest BCUT2D eigenvalue weighted by molar-refractivity contribution is 0.339. The Hall–Kier alpha value is 0.137. The maximum atomic E-state index is 4.92. The second-order valence-electron chi connectivity index (χ2n) is 1.35. The topological polar surface area (TPSA) is 44.2 Å². The van der Waals surface area contributed by atoms with E-state index in [0.717, 1.165) is 17.1 Å². The van der Waals surface area contributed by atoms with Gasteiger partial charge in [0.25, 0.3) is 0 Å². The number of rotatable bonds is 3. The third kappa shape index (κ3) is 10.7. The molecular formula is C4H15NOSi. The van der Waals surface area contributed by atoms with Crippen LogP contribution in [-0.2, 0) is 4.43 Å². The highest BCUT2D eigenvalue weighted by molar-refractivity contribution is 5.97. The Labute approximate surface area is 48.4 Å². The van der Waals surface area contributed by atoms with Gasteiger partial charge in [0.2, 0.25) is 0 Å². The molecule has 0 bridgehead atoms. The third-order valence-electron chi connectivity index (χ3n) is 0.702. The van der Waals surface area contributed by atoms with Gasteiger partial charge in [-0.05, 0) is 6.42 Å². The quantitative estimate of drug-likeness (QED) is 0.429. The Morgan fingerprint density at radius 2 is 2.14 bits per heavy atom. The van der Waals surface area contributed by atoms with E-state index in [4.69, 9.17) is 4.43 Å². The minimum Gasteiger partial charge on any atom is -0.428 e. The van der Waals surface area contributed by atoms with Crippen LogP contribution < -0.4 is 6.15 Å². The van der Waals surface area contributed by atoms with Crippen molar-refractivity contribution < 1.29 is 4.43 Å². The van der Waals surface area contributed by atoms with Crippen LogP contribution in [0.2, 0.25) is 0 Å². The first-order chi connectivity index (χ1) is 2.91. The van der Waals surface area contributed by atoms with Gasteiger partial charge in [0.15, 0.2) is 0 Å². The van der Waals surface area contributed by atoms with Crippen LogP contribution in [0.5, 0.6) is 0 Å². The monoisotopic (exact) mass is 121 g/mol. The van der Waals surface area contributed by atoms with E-state index in [9.17, 15) is 0 Å². The van der Waals surface area contributed by atoms with E-state index in [2.05, 4.69) is 6.92 Å². The van der Waals surface area contributed by atoms with Gasteiger partial charge >= 0.3 is 0 Å². The number of unbranched alkanes of at least 4 members (excludes halogenated alkanes) is 1. The van der Waals surface area contributed by atoms with E-state index >= 15 is 0 Å². The molecule has 0 saturated heterocycles. The van der Waals surface area contributed by atoms with Gasteiger partial charge in [-0.1, -0.05) is 13.3 Å². The Bertz CT molecular complexity index is 23.7. The maximum Gasteiger partial charge on any atom is 0.145 e. The Morgan fingerprint density at radius 1 is 1.57 bits per heavy atom. The molecule has 0 spiro atoms. The fourth-order valence-corrected chi connectivity index (χ4v) is 0.577. The van der Waals surface area contributed by atoms with Crippen molar-refractivity contribution in [2.75, 3.05) is 6.61 Å². The fourth-order valence-electron chi connectivity index (χ4n) is 0.289. The highest BCUT2D eigenvalue weighted by Gasteiger charge is 1.74. The van der Waals surface area contributed by atoms with Crippen molar-refractivity contribution in [3.05, 3.63) is 0 Å². The normalized spacial score (nSPS) is 8.14. The lowest BCUT2D eigenvalue weighted by atomic mass is 10.4. The van der Waals surface area contributed by atoms with Gasteiger partial charge in [0.05, 0.1) is 0 Å². The molecule has 0 aliphatic carbocycles. The standard InChI is InChI=1S/C4H12OSi.H3N/c1-2-3-4-5-6;/h2-4H2,1,6H3;1H3. The van der Waals surface area contributed by atoms with Crippen LogP contribution in [0.1, 0.15) is 19.8 Å². The average molecular weight is 121 g/mol. The van der Waals surface area contributed by atoms with Crippen molar-refractivity contribution in [2.45, 2.75) is 19.8 Å². The van der Waals surface area contributed by atoms with Crippen LogP contribution >= 0.6 is 0 Å². The van der Waals surface area contributed by atoms with Crippen molar-refractivity contribution in [1.82, 2.24) is 6.15 Å². The summed E-state index contributed by atoms with van der Waals surface area (Å²) in [7, 11) is 0.903. The Kier molecular flexibility index (Phi) is 13.8. The zero-order valence-electron chi connectivity index (χ0n) is 5.24. The second kappa shape index (κ2) is 9.46. The van der Waals surface area contributed by atoms with Crippen LogP contribution in [0.25, 0.3) is 0 Å². The molecule has 0 aliphatic rings. The summed E-state index contributed by atoms with van der Waals surface area (Å²) in [5.74, 6) is 0. The van der Waals surface area contributed by atoms with E-state index in [1.54, 1.807) is 0 Å². The van der Waals surface area contributed by atoms with Gasteiger partial charge in [-0.2, -0.15) is 0 Å². The maximum absolute atomic E-state index is 4.92. The lowest BCUT2D eigenvalue weighted by Crippen LogP contribution is -1.85. The summed E-state index contributed by atoms with van der Waals surface area (Å²) in [6.07, 6.45) is 2.48. The second-order valence-corrected chi connectivity index (χ2v) is 1.92. The number of hydrogen-bond donors (Lipinski definition) is 1. The molecule has 7 heavy (non-hydrogen) atoms. The van der Waals surface area contributed by atoms with Crippen molar-refractivity contribution in [3.8, 4) is 0 Å². The minimum atomic E-state index is 0. The van der Waals surface area contributed by atoms with Gasteiger partial charge in [-0.25, -0.2) is 0 Å². The summed E-state index contributed by atoms with van der Waals surface area (Å²) in [6, 6.07) is 0. The van der Waals surface area contributed by atoms with Crippen molar-refractivity contribution in [1.29, 1.82) is 0 Å². The molecule has 0 aliphatic heterocycles.